The Bertz CT molecular complexity index is 1130. The zero-order chi connectivity index (χ0) is 48.6. The van der Waals surface area contributed by atoms with Gasteiger partial charge in [-0.05, 0) is 77.0 Å². The van der Waals surface area contributed by atoms with Gasteiger partial charge in [-0.3, -0.25) is 14.4 Å². The second kappa shape index (κ2) is 56.2. The van der Waals surface area contributed by atoms with Crippen LogP contribution in [0.2, 0.25) is 0 Å². The fraction of sp³-hybridized carbons (Fsp3) is 0.852. The van der Waals surface area contributed by atoms with Crippen molar-refractivity contribution >= 4 is 17.9 Å². The molecule has 0 saturated carbocycles. The number of carbonyl (C=O) groups is 3. The summed E-state index contributed by atoms with van der Waals surface area (Å²) in [7, 11) is 0. The van der Waals surface area contributed by atoms with E-state index in [4.69, 9.17) is 14.2 Å². The summed E-state index contributed by atoms with van der Waals surface area (Å²) in [5, 5.41) is 0. The third kappa shape index (κ3) is 54.4. The van der Waals surface area contributed by atoms with E-state index < -0.39 is 6.10 Å². The third-order valence-electron chi connectivity index (χ3n) is 13.1. The summed E-state index contributed by atoms with van der Waals surface area (Å²) in [6.07, 6.45) is 67.1. The van der Waals surface area contributed by atoms with E-state index in [1.165, 1.54) is 199 Å². The van der Waals surface area contributed by atoms with Crippen LogP contribution in [0.1, 0.15) is 316 Å². The first-order chi connectivity index (χ1) is 33.0. The molecule has 67 heavy (non-hydrogen) atoms. The van der Waals surface area contributed by atoms with Gasteiger partial charge in [0.15, 0.2) is 6.10 Å². The average Bonchev–Trinajstić information content (AvgIpc) is 3.33. The molecule has 0 aromatic carbocycles. The van der Waals surface area contributed by atoms with Crippen molar-refractivity contribution in [2.75, 3.05) is 13.2 Å². The predicted molar refractivity (Wildman–Crippen MR) is 289 cm³/mol. The van der Waals surface area contributed by atoms with Crippen molar-refractivity contribution < 1.29 is 28.6 Å². The summed E-state index contributed by atoms with van der Waals surface area (Å²) in [5.41, 5.74) is 0. The fourth-order valence-corrected chi connectivity index (χ4v) is 8.65. The Balaban J connectivity index is 4.30. The molecule has 0 aliphatic heterocycles. The van der Waals surface area contributed by atoms with Crippen molar-refractivity contribution in [2.45, 2.75) is 322 Å². The molecule has 392 valence electrons. The molecular formula is C61H112O6. The van der Waals surface area contributed by atoms with E-state index in [-0.39, 0.29) is 31.1 Å². The van der Waals surface area contributed by atoms with Gasteiger partial charge in [-0.2, -0.15) is 0 Å². The topological polar surface area (TPSA) is 78.9 Å². The van der Waals surface area contributed by atoms with Gasteiger partial charge in [0, 0.05) is 19.3 Å². The highest BCUT2D eigenvalue weighted by Gasteiger charge is 2.19. The first-order valence-electron chi connectivity index (χ1n) is 29.5. The molecule has 0 rings (SSSR count). The van der Waals surface area contributed by atoms with Gasteiger partial charge in [0.05, 0.1) is 0 Å². The van der Waals surface area contributed by atoms with Crippen LogP contribution in [-0.2, 0) is 28.6 Å². The summed E-state index contributed by atoms with van der Waals surface area (Å²) in [6, 6.07) is 0. The van der Waals surface area contributed by atoms with Crippen LogP contribution in [-0.4, -0.2) is 37.2 Å². The smallest absolute Gasteiger partial charge is 0.306 e. The molecule has 0 bridgehead atoms. The Hall–Kier alpha value is -2.37. The third-order valence-corrected chi connectivity index (χ3v) is 13.1. The lowest BCUT2D eigenvalue weighted by Gasteiger charge is -2.18. The Labute approximate surface area is 416 Å². The number of carbonyl (C=O) groups excluding carboxylic acids is 3. The van der Waals surface area contributed by atoms with Gasteiger partial charge in [0.25, 0.3) is 0 Å². The Morgan fingerprint density at radius 1 is 0.299 bits per heavy atom. The van der Waals surface area contributed by atoms with Crippen LogP contribution in [0, 0.1) is 0 Å². The van der Waals surface area contributed by atoms with Crippen molar-refractivity contribution in [1.29, 1.82) is 0 Å². The van der Waals surface area contributed by atoms with Crippen LogP contribution >= 0.6 is 0 Å². The SMILES string of the molecule is CCCCC/C=C\C/C=C\CCCCCCCC(=O)OC[C@H](COC(=O)CCCCCCCCCCCCC/C=C\CCCCCCCC)OC(=O)CCCCCCCCCCCCCCC. The van der Waals surface area contributed by atoms with Crippen LogP contribution in [0.15, 0.2) is 36.5 Å². The Morgan fingerprint density at radius 2 is 0.537 bits per heavy atom. The highest BCUT2D eigenvalue weighted by molar-refractivity contribution is 5.71. The normalized spacial score (nSPS) is 12.2. The second-order valence-electron chi connectivity index (χ2n) is 19.9. The maximum Gasteiger partial charge on any atom is 0.306 e. The molecule has 0 unspecified atom stereocenters. The minimum absolute atomic E-state index is 0.0733. The number of rotatable bonds is 54. The van der Waals surface area contributed by atoms with Gasteiger partial charge in [0.2, 0.25) is 0 Å². The molecule has 6 heteroatoms. The van der Waals surface area contributed by atoms with Crippen molar-refractivity contribution in [2.24, 2.45) is 0 Å². The molecule has 0 radical (unpaired) electrons. The maximum absolute atomic E-state index is 12.8. The molecule has 6 nitrogen and oxygen atoms in total. The van der Waals surface area contributed by atoms with E-state index in [0.29, 0.717) is 19.3 Å². The first-order valence-corrected chi connectivity index (χ1v) is 29.5. The molecule has 0 aliphatic carbocycles. The summed E-state index contributed by atoms with van der Waals surface area (Å²) in [4.78, 5) is 38.1. The second-order valence-corrected chi connectivity index (χ2v) is 19.9. The number of unbranched alkanes of at least 4 members (excludes halogenated alkanes) is 37. The molecule has 1 atom stereocenters. The minimum atomic E-state index is -0.775. The standard InChI is InChI=1S/C61H112O6/c1-4-7-10-13-16-19-22-25-27-28-29-30-31-32-34-37-39-42-45-48-51-54-60(63)66-57-58(67-61(64)55-52-49-46-43-40-35-24-21-18-15-12-9-6-3)56-65-59(62)53-50-47-44-41-38-36-33-26-23-20-17-14-11-8-5-2/h17,20,25-27,33,58H,4-16,18-19,21-24,28-32,34-57H2,1-3H3/b20-17-,27-25-,33-26-/t58-/m1/s1. The van der Waals surface area contributed by atoms with Gasteiger partial charge in [-0.25, -0.2) is 0 Å². The quantitative estimate of drug-likeness (QED) is 0.0262. The highest BCUT2D eigenvalue weighted by Crippen LogP contribution is 2.16. The molecular weight excluding hydrogens is 829 g/mol. The molecule has 0 fully saturated rings. The van der Waals surface area contributed by atoms with Crippen molar-refractivity contribution in [3.8, 4) is 0 Å². The van der Waals surface area contributed by atoms with E-state index in [1.54, 1.807) is 0 Å². The van der Waals surface area contributed by atoms with Crippen LogP contribution < -0.4 is 0 Å². The number of allylic oxidation sites excluding steroid dienone is 6. The minimum Gasteiger partial charge on any atom is -0.462 e. The van der Waals surface area contributed by atoms with E-state index in [0.717, 1.165) is 77.0 Å². The van der Waals surface area contributed by atoms with E-state index in [9.17, 15) is 14.4 Å². The van der Waals surface area contributed by atoms with Crippen molar-refractivity contribution in [3.05, 3.63) is 36.5 Å². The predicted octanol–water partition coefficient (Wildman–Crippen LogP) is 19.7. The van der Waals surface area contributed by atoms with Gasteiger partial charge < -0.3 is 14.2 Å². The largest absolute Gasteiger partial charge is 0.462 e. The lowest BCUT2D eigenvalue weighted by Crippen LogP contribution is -2.30. The van der Waals surface area contributed by atoms with Crippen LogP contribution in [0.25, 0.3) is 0 Å². The van der Waals surface area contributed by atoms with Gasteiger partial charge in [-0.15, -0.1) is 0 Å². The monoisotopic (exact) mass is 941 g/mol. The Kier molecular flexibility index (Phi) is 54.2. The van der Waals surface area contributed by atoms with Crippen LogP contribution in [0.3, 0.4) is 0 Å². The zero-order valence-corrected chi connectivity index (χ0v) is 44.9. The number of hydrogen-bond acceptors (Lipinski definition) is 6. The molecule has 0 aromatic heterocycles. The Morgan fingerprint density at radius 3 is 0.866 bits per heavy atom. The van der Waals surface area contributed by atoms with Crippen LogP contribution in [0.4, 0.5) is 0 Å². The van der Waals surface area contributed by atoms with Crippen LogP contribution in [0.5, 0.6) is 0 Å². The van der Waals surface area contributed by atoms with Crippen molar-refractivity contribution in [3.63, 3.8) is 0 Å². The molecule has 0 aromatic rings. The maximum atomic E-state index is 12.8. The van der Waals surface area contributed by atoms with E-state index in [1.807, 2.05) is 0 Å². The summed E-state index contributed by atoms with van der Waals surface area (Å²) in [6.45, 7) is 6.64. The lowest BCUT2D eigenvalue weighted by molar-refractivity contribution is -0.167. The summed E-state index contributed by atoms with van der Waals surface area (Å²) >= 11 is 0. The van der Waals surface area contributed by atoms with Gasteiger partial charge in [-0.1, -0.05) is 256 Å². The number of ether oxygens (including phenoxy) is 3. The number of esters is 3. The molecule has 0 amide bonds. The molecule has 0 spiro atoms. The fourth-order valence-electron chi connectivity index (χ4n) is 8.65. The zero-order valence-electron chi connectivity index (χ0n) is 44.9. The molecule has 0 aliphatic rings. The molecule has 0 N–H and O–H groups in total. The van der Waals surface area contributed by atoms with Crippen molar-refractivity contribution in [1.82, 2.24) is 0 Å². The van der Waals surface area contributed by atoms with Gasteiger partial charge >= 0.3 is 17.9 Å². The number of hydrogen-bond donors (Lipinski definition) is 0. The van der Waals surface area contributed by atoms with E-state index >= 15 is 0 Å². The lowest BCUT2D eigenvalue weighted by atomic mass is 10.0. The summed E-state index contributed by atoms with van der Waals surface area (Å²) in [5.74, 6) is -0.871. The van der Waals surface area contributed by atoms with Gasteiger partial charge in [0.1, 0.15) is 13.2 Å². The highest BCUT2D eigenvalue weighted by atomic mass is 16.6. The van der Waals surface area contributed by atoms with E-state index in [2.05, 4.69) is 57.2 Å². The summed E-state index contributed by atoms with van der Waals surface area (Å²) < 4.78 is 16.9. The molecule has 0 saturated heterocycles. The molecule has 0 heterocycles. The average molecular weight is 942 g/mol. The first kappa shape index (κ1) is 64.6.